The molecule has 0 aliphatic heterocycles. The first-order valence-electron chi connectivity index (χ1n) is 5.79. The highest BCUT2D eigenvalue weighted by Gasteiger charge is 2.14. The number of aromatic nitrogens is 2. The van der Waals surface area contributed by atoms with Crippen LogP contribution in [0.25, 0.3) is 0 Å². The van der Waals surface area contributed by atoms with Crippen molar-refractivity contribution in [2.75, 3.05) is 0 Å². The van der Waals surface area contributed by atoms with Gasteiger partial charge in [0.2, 0.25) is 0 Å². The highest BCUT2D eigenvalue weighted by molar-refractivity contribution is 5.70. The molecule has 0 aromatic carbocycles. The zero-order valence-electron chi connectivity index (χ0n) is 10.7. The number of carboxylic acids is 1. The second-order valence-corrected chi connectivity index (χ2v) is 4.33. The van der Waals surface area contributed by atoms with E-state index in [0.717, 1.165) is 5.56 Å². The summed E-state index contributed by atoms with van der Waals surface area (Å²) >= 11 is 0. The van der Waals surface area contributed by atoms with E-state index in [1.165, 1.54) is 10.8 Å². The molecule has 100 valence electrons. The zero-order valence-corrected chi connectivity index (χ0v) is 10.7. The van der Waals surface area contributed by atoms with Crippen molar-refractivity contribution in [1.29, 1.82) is 0 Å². The number of rotatable bonds is 4. The fraction of sp³-hybridized carbons (Fsp3) is 0.308. The minimum absolute atomic E-state index is 0.143. The third-order valence-electron chi connectivity index (χ3n) is 3.02. The minimum Gasteiger partial charge on any atom is -0.481 e. The smallest absolute Gasteiger partial charge is 0.348 e. The monoisotopic (exact) mass is 262 g/mol. The second-order valence-electron chi connectivity index (χ2n) is 4.33. The molecule has 0 fully saturated rings. The molecule has 6 nitrogen and oxygen atoms in total. The van der Waals surface area contributed by atoms with Crippen LogP contribution in [0.1, 0.15) is 22.5 Å². The maximum atomic E-state index is 11.9. The Kier molecular flexibility index (Phi) is 3.50. The SMILES string of the molecule is Cc1nc(=O)n(Cc2ccoc2)c(C)c1CC(=O)O. The molecule has 0 amide bonds. The van der Waals surface area contributed by atoms with Gasteiger partial charge in [-0.3, -0.25) is 9.36 Å². The molecular weight excluding hydrogens is 248 g/mol. The van der Waals surface area contributed by atoms with E-state index in [2.05, 4.69) is 4.98 Å². The van der Waals surface area contributed by atoms with Gasteiger partial charge in [-0.25, -0.2) is 4.79 Å². The fourth-order valence-electron chi connectivity index (χ4n) is 2.00. The largest absolute Gasteiger partial charge is 0.481 e. The van der Waals surface area contributed by atoms with Crippen LogP contribution in [0.2, 0.25) is 0 Å². The molecule has 0 atom stereocenters. The van der Waals surface area contributed by atoms with E-state index in [4.69, 9.17) is 9.52 Å². The Bertz CT molecular complexity index is 656. The average molecular weight is 262 g/mol. The lowest BCUT2D eigenvalue weighted by Crippen LogP contribution is -2.28. The highest BCUT2D eigenvalue weighted by atomic mass is 16.4. The van der Waals surface area contributed by atoms with Gasteiger partial charge in [-0.05, 0) is 19.9 Å². The summed E-state index contributed by atoms with van der Waals surface area (Å²) in [5.74, 6) is -0.943. The standard InChI is InChI=1S/C13H14N2O4/c1-8-11(5-12(16)17)9(2)15(13(18)14-8)6-10-3-4-19-7-10/h3-4,7H,5-6H2,1-2H3,(H,16,17). The Hall–Kier alpha value is -2.37. The van der Waals surface area contributed by atoms with Gasteiger partial charge in [0.1, 0.15) is 0 Å². The van der Waals surface area contributed by atoms with Gasteiger partial charge >= 0.3 is 11.7 Å². The third-order valence-corrected chi connectivity index (χ3v) is 3.02. The molecule has 0 radical (unpaired) electrons. The topological polar surface area (TPSA) is 85.3 Å². The van der Waals surface area contributed by atoms with Crippen molar-refractivity contribution < 1.29 is 14.3 Å². The van der Waals surface area contributed by atoms with Crippen molar-refractivity contribution in [2.24, 2.45) is 0 Å². The molecule has 0 aliphatic rings. The Morgan fingerprint density at radius 3 is 2.79 bits per heavy atom. The molecule has 6 heteroatoms. The number of nitrogens with zero attached hydrogens (tertiary/aromatic N) is 2. The van der Waals surface area contributed by atoms with E-state index >= 15 is 0 Å². The molecule has 2 rings (SSSR count). The highest BCUT2D eigenvalue weighted by Crippen LogP contribution is 2.12. The van der Waals surface area contributed by atoms with E-state index in [9.17, 15) is 9.59 Å². The second kappa shape index (κ2) is 5.09. The Morgan fingerprint density at radius 1 is 1.47 bits per heavy atom. The normalized spacial score (nSPS) is 10.6. The third kappa shape index (κ3) is 2.73. The van der Waals surface area contributed by atoms with Gasteiger partial charge in [-0.1, -0.05) is 0 Å². The number of furan rings is 1. The molecule has 1 N–H and O–H groups in total. The first-order chi connectivity index (χ1) is 8.99. The number of hydrogen-bond donors (Lipinski definition) is 1. The lowest BCUT2D eigenvalue weighted by Gasteiger charge is -2.13. The summed E-state index contributed by atoms with van der Waals surface area (Å²) in [6.45, 7) is 3.70. The van der Waals surface area contributed by atoms with Gasteiger partial charge in [0.15, 0.2) is 0 Å². The van der Waals surface area contributed by atoms with Crippen LogP contribution in [-0.2, 0) is 17.8 Å². The predicted octanol–water partition coefficient (Wildman–Crippen LogP) is 1.13. The van der Waals surface area contributed by atoms with Gasteiger partial charge in [0.25, 0.3) is 0 Å². The molecule has 0 saturated carbocycles. The van der Waals surface area contributed by atoms with Crippen molar-refractivity contribution in [3.05, 3.63) is 51.6 Å². The van der Waals surface area contributed by atoms with Crippen molar-refractivity contribution in [1.82, 2.24) is 9.55 Å². The minimum atomic E-state index is -0.943. The van der Waals surface area contributed by atoms with Gasteiger partial charge in [-0.15, -0.1) is 0 Å². The van der Waals surface area contributed by atoms with Crippen LogP contribution >= 0.6 is 0 Å². The first-order valence-corrected chi connectivity index (χ1v) is 5.79. The number of hydrogen-bond acceptors (Lipinski definition) is 4. The number of carboxylic acid groups (broad SMARTS) is 1. The van der Waals surface area contributed by atoms with E-state index in [0.29, 0.717) is 23.5 Å². The maximum Gasteiger partial charge on any atom is 0.348 e. The Morgan fingerprint density at radius 2 is 2.21 bits per heavy atom. The Balaban J connectivity index is 2.48. The summed E-state index contributed by atoms with van der Waals surface area (Å²) in [7, 11) is 0. The molecule has 2 aromatic heterocycles. The van der Waals surface area contributed by atoms with Crippen molar-refractivity contribution in [2.45, 2.75) is 26.8 Å². The lowest BCUT2D eigenvalue weighted by atomic mass is 10.1. The van der Waals surface area contributed by atoms with Crippen molar-refractivity contribution >= 4 is 5.97 Å². The predicted molar refractivity (Wildman–Crippen MR) is 67.1 cm³/mol. The molecule has 2 heterocycles. The summed E-state index contributed by atoms with van der Waals surface area (Å²) in [6, 6.07) is 1.75. The van der Waals surface area contributed by atoms with Crippen LogP contribution < -0.4 is 5.69 Å². The average Bonchev–Trinajstić information content (AvgIpc) is 2.82. The maximum absolute atomic E-state index is 11.9. The molecule has 0 unspecified atom stereocenters. The lowest BCUT2D eigenvalue weighted by molar-refractivity contribution is -0.136. The van der Waals surface area contributed by atoms with Crippen LogP contribution in [-0.4, -0.2) is 20.6 Å². The van der Waals surface area contributed by atoms with Crippen LogP contribution in [0.15, 0.2) is 27.8 Å². The molecule has 0 spiro atoms. The van der Waals surface area contributed by atoms with E-state index in [1.807, 2.05) is 0 Å². The fourth-order valence-corrected chi connectivity index (χ4v) is 2.00. The molecule has 2 aromatic rings. The number of aliphatic carboxylic acids is 1. The van der Waals surface area contributed by atoms with Crippen LogP contribution in [0.5, 0.6) is 0 Å². The van der Waals surface area contributed by atoms with Crippen LogP contribution in [0.3, 0.4) is 0 Å². The van der Waals surface area contributed by atoms with E-state index < -0.39 is 5.97 Å². The van der Waals surface area contributed by atoms with Gasteiger partial charge in [0.05, 0.1) is 25.5 Å². The molecule has 0 bridgehead atoms. The summed E-state index contributed by atoms with van der Waals surface area (Å²) in [5.41, 5.74) is 2.12. The van der Waals surface area contributed by atoms with E-state index in [-0.39, 0.29) is 12.1 Å². The zero-order chi connectivity index (χ0) is 14.0. The van der Waals surface area contributed by atoms with Gasteiger partial charge in [0, 0.05) is 22.5 Å². The van der Waals surface area contributed by atoms with Crippen molar-refractivity contribution in [3.8, 4) is 0 Å². The summed E-state index contributed by atoms with van der Waals surface area (Å²) in [4.78, 5) is 26.6. The van der Waals surface area contributed by atoms with Crippen LogP contribution in [0.4, 0.5) is 0 Å². The van der Waals surface area contributed by atoms with E-state index in [1.54, 1.807) is 26.2 Å². The molecule has 0 aliphatic carbocycles. The van der Waals surface area contributed by atoms with Crippen LogP contribution in [0, 0.1) is 13.8 Å². The summed E-state index contributed by atoms with van der Waals surface area (Å²) in [5, 5.41) is 8.90. The quantitative estimate of drug-likeness (QED) is 0.892. The Labute approximate surface area is 109 Å². The number of carbonyl (C=O) groups is 1. The summed E-state index contributed by atoms with van der Waals surface area (Å²) < 4.78 is 6.41. The molecule has 19 heavy (non-hydrogen) atoms. The molecular formula is C13H14N2O4. The summed E-state index contributed by atoms with van der Waals surface area (Å²) in [6.07, 6.45) is 2.93. The molecule has 0 saturated heterocycles. The van der Waals surface area contributed by atoms with Crippen molar-refractivity contribution in [3.63, 3.8) is 0 Å². The van der Waals surface area contributed by atoms with Gasteiger partial charge in [-0.2, -0.15) is 4.98 Å². The number of aryl methyl sites for hydroxylation is 1. The first kappa shape index (κ1) is 13.1. The van der Waals surface area contributed by atoms with Gasteiger partial charge < -0.3 is 9.52 Å².